The molecule has 1 aliphatic heterocycles. The van der Waals surface area contributed by atoms with E-state index in [1.165, 1.54) is 5.56 Å². The predicted molar refractivity (Wildman–Crippen MR) is 164 cm³/mol. The number of benzene rings is 2. The summed E-state index contributed by atoms with van der Waals surface area (Å²) in [5.41, 5.74) is 9.09. The molecular weight excluding hydrogens is 512 g/mol. The number of likely N-dealkylation sites (N-methyl/N-ethyl adjacent to an activating group) is 1. The molecule has 2 N–H and O–H groups in total. The van der Waals surface area contributed by atoms with Crippen molar-refractivity contribution in [3.8, 4) is 5.82 Å². The zero-order valence-corrected chi connectivity index (χ0v) is 24.9. The largest absolute Gasteiger partial charge is 0.340 e. The molecule has 1 saturated heterocycles. The number of carbonyl (C=O) groups excluding carboxylic acids is 1. The van der Waals surface area contributed by atoms with E-state index in [1.807, 2.05) is 56.3 Å². The Labute approximate surface area is 242 Å². The van der Waals surface area contributed by atoms with Gasteiger partial charge in [0.15, 0.2) is 11.6 Å². The van der Waals surface area contributed by atoms with Gasteiger partial charge in [-0.2, -0.15) is 9.78 Å². The van der Waals surface area contributed by atoms with E-state index >= 15 is 0 Å². The van der Waals surface area contributed by atoms with Gasteiger partial charge in [0.1, 0.15) is 18.0 Å². The number of nitrogens with zero attached hydrogens (tertiary/aromatic N) is 6. The number of nitrogens with one attached hydrogen (secondary N) is 2. The molecule has 2 aromatic heterocycles. The second-order valence-electron chi connectivity index (χ2n) is 12.0. The van der Waals surface area contributed by atoms with Gasteiger partial charge in [-0.15, -0.1) is 0 Å². The van der Waals surface area contributed by atoms with Gasteiger partial charge < -0.3 is 15.6 Å². The van der Waals surface area contributed by atoms with Gasteiger partial charge in [-0.25, -0.2) is 15.0 Å². The van der Waals surface area contributed by atoms with Crippen molar-refractivity contribution in [1.82, 2.24) is 29.7 Å². The number of rotatable bonds is 8. The van der Waals surface area contributed by atoms with Crippen LogP contribution in [0.5, 0.6) is 0 Å². The average Bonchev–Trinajstić information content (AvgIpc) is 3.31. The van der Waals surface area contributed by atoms with Crippen LogP contribution in [0.3, 0.4) is 0 Å². The molecule has 0 aliphatic carbocycles. The van der Waals surface area contributed by atoms with E-state index in [2.05, 4.69) is 70.6 Å². The lowest BCUT2D eigenvalue weighted by Gasteiger charge is -2.32. The van der Waals surface area contributed by atoms with Crippen LogP contribution in [0.2, 0.25) is 0 Å². The van der Waals surface area contributed by atoms with Crippen LogP contribution in [-0.4, -0.2) is 68.7 Å². The van der Waals surface area contributed by atoms with Crippen molar-refractivity contribution in [2.75, 3.05) is 44.0 Å². The molecule has 0 saturated carbocycles. The van der Waals surface area contributed by atoms with E-state index in [0.29, 0.717) is 17.8 Å². The Bertz CT molecular complexity index is 1530. The molecule has 9 nitrogen and oxygen atoms in total. The Morgan fingerprint density at radius 1 is 0.951 bits per heavy atom. The number of Topliss-reactive ketones (excluding diaryl/α,β-unsaturated/α-hetero) is 1. The highest BCUT2D eigenvalue weighted by molar-refractivity contribution is 5.98. The van der Waals surface area contributed by atoms with Gasteiger partial charge in [-0.1, -0.05) is 57.2 Å². The van der Waals surface area contributed by atoms with Crippen molar-refractivity contribution < 1.29 is 4.79 Å². The molecule has 3 heterocycles. The third kappa shape index (κ3) is 6.99. The number of hydrogen-bond acceptors (Lipinski definition) is 8. The van der Waals surface area contributed by atoms with E-state index in [9.17, 15) is 4.79 Å². The third-order valence-corrected chi connectivity index (χ3v) is 7.46. The predicted octanol–water partition coefficient (Wildman–Crippen LogP) is 5.32. The molecule has 214 valence electrons. The lowest BCUT2D eigenvalue weighted by molar-refractivity contribution is 0.0993. The summed E-state index contributed by atoms with van der Waals surface area (Å²) in [5, 5.41) is 10.4. The number of aromatic nitrogens is 4. The fourth-order valence-electron chi connectivity index (χ4n) is 4.87. The second-order valence-corrected chi connectivity index (χ2v) is 12.0. The number of hydrogen-bond donors (Lipinski definition) is 2. The van der Waals surface area contributed by atoms with Crippen LogP contribution in [0.1, 0.15) is 53.5 Å². The zero-order valence-electron chi connectivity index (χ0n) is 24.9. The van der Waals surface area contributed by atoms with Crippen LogP contribution in [0.15, 0.2) is 60.9 Å². The number of anilines is 3. The summed E-state index contributed by atoms with van der Waals surface area (Å²) in [6, 6.07) is 18.0. The zero-order chi connectivity index (χ0) is 29.1. The van der Waals surface area contributed by atoms with Crippen LogP contribution in [0, 0.1) is 13.8 Å². The Morgan fingerprint density at radius 2 is 1.73 bits per heavy atom. The molecule has 9 heteroatoms. The molecule has 0 spiro atoms. The minimum absolute atomic E-state index is 0.0339. The summed E-state index contributed by atoms with van der Waals surface area (Å²) in [4.78, 5) is 24.6. The number of piperazine rings is 1. The first-order chi connectivity index (χ1) is 19.5. The van der Waals surface area contributed by atoms with Crippen LogP contribution in [0.4, 0.5) is 17.3 Å². The van der Waals surface area contributed by atoms with Crippen molar-refractivity contribution in [2.24, 2.45) is 0 Å². The molecule has 1 fully saturated rings. The molecular formula is C32H40N8O. The molecule has 0 atom stereocenters. The highest BCUT2D eigenvalue weighted by atomic mass is 16.1. The van der Waals surface area contributed by atoms with E-state index in [-0.39, 0.29) is 11.2 Å². The lowest BCUT2D eigenvalue weighted by atomic mass is 9.85. The van der Waals surface area contributed by atoms with Crippen LogP contribution < -0.4 is 10.7 Å². The van der Waals surface area contributed by atoms with Crippen LogP contribution in [0.25, 0.3) is 5.82 Å². The first kappa shape index (κ1) is 28.4. The Balaban J connectivity index is 1.35. The van der Waals surface area contributed by atoms with Gasteiger partial charge in [0.05, 0.1) is 5.69 Å². The number of hydrazine groups is 1. The van der Waals surface area contributed by atoms with Crippen molar-refractivity contribution >= 4 is 23.1 Å². The summed E-state index contributed by atoms with van der Waals surface area (Å²) in [7, 11) is 2.13. The molecule has 0 unspecified atom stereocenters. The highest BCUT2D eigenvalue weighted by Crippen LogP contribution is 2.27. The first-order valence-corrected chi connectivity index (χ1v) is 14.1. The van der Waals surface area contributed by atoms with Crippen molar-refractivity contribution in [3.63, 3.8) is 0 Å². The number of ketones is 1. The van der Waals surface area contributed by atoms with Crippen LogP contribution in [-0.2, 0) is 11.8 Å². The highest BCUT2D eigenvalue weighted by Gasteiger charge is 2.18. The number of carbonyl (C=O) groups is 1. The Kier molecular flexibility index (Phi) is 8.19. The quantitative estimate of drug-likeness (QED) is 0.284. The minimum Gasteiger partial charge on any atom is -0.340 e. The normalized spacial score (nSPS) is 14.7. The molecule has 2 aromatic carbocycles. The third-order valence-electron chi connectivity index (χ3n) is 7.46. The van der Waals surface area contributed by atoms with Crippen LogP contribution >= 0.6 is 0 Å². The molecule has 0 amide bonds. The maximum atomic E-state index is 13.3. The molecule has 5 rings (SSSR count). The molecule has 4 aromatic rings. The fourth-order valence-corrected chi connectivity index (χ4v) is 4.87. The maximum Gasteiger partial charge on any atom is 0.167 e. The summed E-state index contributed by atoms with van der Waals surface area (Å²) in [6.07, 6.45) is 1.90. The lowest BCUT2D eigenvalue weighted by Crippen LogP contribution is -2.47. The monoisotopic (exact) mass is 552 g/mol. The second kappa shape index (κ2) is 11.8. The number of aryl methyl sites for hydroxylation is 2. The average molecular weight is 553 g/mol. The topological polar surface area (TPSA) is 91.2 Å². The van der Waals surface area contributed by atoms with Gasteiger partial charge in [-0.05, 0) is 49.1 Å². The maximum absolute atomic E-state index is 13.3. The van der Waals surface area contributed by atoms with E-state index < -0.39 is 0 Å². The van der Waals surface area contributed by atoms with Crippen molar-refractivity contribution in [2.45, 2.75) is 46.5 Å². The Morgan fingerprint density at radius 3 is 2.49 bits per heavy atom. The van der Waals surface area contributed by atoms with E-state index in [0.717, 1.165) is 60.3 Å². The summed E-state index contributed by atoms with van der Waals surface area (Å²) >= 11 is 0. The molecule has 0 bridgehead atoms. The molecule has 41 heavy (non-hydrogen) atoms. The van der Waals surface area contributed by atoms with Gasteiger partial charge in [0.2, 0.25) is 0 Å². The van der Waals surface area contributed by atoms with Gasteiger partial charge in [0, 0.05) is 56.0 Å². The fraction of sp³-hybridized carbons (Fsp3) is 0.375. The first-order valence-electron chi connectivity index (χ1n) is 14.1. The molecule has 0 radical (unpaired) electrons. The van der Waals surface area contributed by atoms with Gasteiger partial charge >= 0.3 is 0 Å². The standard InChI is InChI=1S/C32H40N8O/c1-22-10-11-25(28(41)18-24-8-7-9-26(17-24)32(3,4)5)19-27(22)35-31-16-23(2)36-40(31)30-20-29(33-21-34-30)37-39-14-12-38(6)13-15-39/h7-11,16-17,19-21,35H,12-15,18H2,1-6H3,(H,33,34,37). The van der Waals surface area contributed by atoms with Gasteiger partial charge in [0.25, 0.3) is 0 Å². The summed E-state index contributed by atoms with van der Waals surface area (Å²) in [6.45, 7) is 14.4. The van der Waals surface area contributed by atoms with E-state index in [1.54, 1.807) is 11.0 Å². The van der Waals surface area contributed by atoms with Crippen molar-refractivity contribution in [3.05, 3.63) is 88.9 Å². The molecule has 1 aliphatic rings. The summed E-state index contributed by atoms with van der Waals surface area (Å²) in [5.74, 6) is 2.21. The van der Waals surface area contributed by atoms with E-state index in [4.69, 9.17) is 5.10 Å². The van der Waals surface area contributed by atoms with Gasteiger partial charge in [-0.3, -0.25) is 4.79 Å². The minimum atomic E-state index is 0.0339. The Hall–Kier alpha value is -4.08. The van der Waals surface area contributed by atoms with Crippen molar-refractivity contribution in [1.29, 1.82) is 0 Å². The smallest absolute Gasteiger partial charge is 0.167 e. The summed E-state index contributed by atoms with van der Waals surface area (Å²) < 4.78 is 1.78. The SMILES string of the molecule is Cc1cc(Nc2cc(C(=O)Cc3cccc(C(C)(C)C)c3)ccc2C)n(-c2cc(NN3CCN(C)CC3)ncn2)n1.